The number of carboxylic acid groups (broad SMARTS) is 1. The van der Waals surface area contributed by atoms with E-state index in [0.717, 1.165) is 32.6 Å². The Hall–Kier alpha value is -1.88. The minimum absolute atomic E-state index is 0.0512. The molecule has 3 rings (SSSR count). The van der Waals surface area contributed by atoms with Gasteiger partial charge in [0.05, 0.1) is 5.92 Å². The molecule has 2 atom stereocenters. The summed E-state index contributed by atoms with van der Waals surface area (Å²) in [6.07, 6.45) is 5.24. The second kappa shape index (κ2) is 9.17. The summed E-state index contributed by atoms with van der Waals surface area (Å²) in [4.78, 5) is 25.7. The van der Waals surface area contributed by atoms with Gasteiger partial charge in [-0.05, 0) is 63.1 Å². The lowest BCUT2D eigenvalue weighted by Gasteiger charge is -2.32. The molecule has 1 heterocycles. The number of benzene rings is 1. The first kappa shape index (κ1) is 18.9. The molecule has 5 heteroatoms. The average Bonchev–Trinajstić information content (AvgIpc) is 3.15. The molecule has 1 aliphatic carbocycles. The summed E-state index contributed by atoms with van der Waals surface area (Å²) in [5.41, 5.74) is 1.37. The van der Waals surface area contributed by atoms with E-state index in [1.54, 1.807) is 0 Å². The molecule has 0 aromatic heterocycles. The van der Waals surface area contributed by atoms with Gasteiger partial charge in [0, 0.05) is 19.0 Å². The molecule has 1 aromatic rings. The molecule has 5 nitrogen and oxygen atoms in total. The van der Waals surface area contributed by atoms with Gasteiger partial charge in [-0.1, -0.05) is 30.3 Å². The standard InChI is InChI=1S/C21H30N2O3/c24-20(18-6-7-19(14-18)21(25)26)22-11-8-16-9-12-23(13-10-16)15-17-4-2-1-3-5-17/h1-5,16,18-19H,6-15H2,(H,22,24)(H,25,26)/t18-,19+/m0/s1. The molecule has 1 aromatic carbocycles. The number of amides is 1. The third-order valence-electron chi connectivity index (χ3n) is 5.96. The molecular formula is C21H30N2O3. The Morgan fingerprint density at radius 2 is 1.73 bits per heavy atom. The number of rotatable bonds is 7. The Balaban J connectivity index is 1.30. The highest BCUT2D eigenvalue weighted by Crippen LogP contribution is 2.31. The number of piperidine rings is 1. The molecule has 26 heavy (non-hydrogen) atoms. The molecule has 1 aliphatic heterocycles. The summed E-state index contributed by atoms with van der Waals surface area (Å²) in [5, 5.41) is 12.1. The Bertz CT molecular complexity index is 597. The van der Waals surface area contributed by atoms with Crippen molar-refractivity contribution in [1.82, 2.24) is 10.2 Å². The SMILES string of the molecule is O=C(O)[C@@H]1CC[C@H](C(=O)NCCC2CCN(Cc3ccccc3)CC2)C1. The van der Waals surface area contributed by atoms with Crippen molar-refractivity contribution in [2.45, 2.75) is 45.1 Å². The summed E-state index contributed by atoms with van der Waals surface area (Å²) in [7, 11) is 0. The van der Waals surface area contributed by atoms with Crippen molar-refractivity contribution in [3.63, 3.8) is 0 Å². The van der Waals surface area contributed by atoms with Gasteiger partial charge in [-0.3, -0.25) is 14.5 Å². The van der Waals surface area contributed by atoms with Gasteiger partial charge in [0.15, 0.2) is 0 Å². The van der Waals surface area contributed by atoms with Crippen LogP contribution in [0.5, 0.6) is 0 Å². The summed E-state index contributed by atoms with van der Waals surface area (Å²) >= 11 is 0. The molecule has 1 amide bonds. The fraction of sp³-hybridized carbons (Fsp3) is 0.619. The number of hydrogen-bond acceptors (Lipinski definition) is 3. The van der Waals surface area contributed by atoms with Crippen LogP contribution in [0.1, 0.15) is 44.1 Å². The van der Waals surface area contributed by atoms with Crippen molar-refractivity contribution in [1.29, 1.82) is 0 Å². The number of hydrogen-bond donors (Lipinski definition) is 2. The van der Waals surface area contributed by atoms with Gasteiger partial charge in [-0.15, -0.1) is 0 Å². The van der Waals surface area contributed by atoms with E-state index >= 15 is 0 Å². The van der Waals surface area contributed by atoms with Crippen molar-refractivity contribution < 1.29 is 14.7 Å². The van der Waals surface area contributed by atoms with Crippen LogP contribution in [0.2, 0.25) is 0 Å². The second-order valence-corrected chi connectivity index (χ2v) is 7.83. The molecular weight excluding hydrogens is 328 g/mol. The second-order valence-electron chi connectivity index (χ2n) is 7.83. The lowest BCUT2D eigenvalue weighted by molar-refractivity contribution is -0.141. The number of carbonyl (C=O) groups excluding carboxylic acids is 1. The highest BCUT2D eigenvalue weighted by molar-refractivity contribution is 5.80. The van der Waals surface area contributed by atoms with E-state index < -0.39 is 5.97 Å². The van der Waals surface area contributed by atoms with Gasteiger partial charge < -0.3 is 10.4 Å². The van der Waals surface area contributed by atoms with Crippen LogP contribution in [0.3, 0.4) is 0 Å². The van der Waals surface area contributed by atoms with Gasteiger partial charge in [-0.25, -0.2) is 0 Å². The van der Waals surface area contributed by atoms with Crippen LogP contribution in [0.15, 0.2) is 30.3 Å². The number of nitrogens with zero attached hydrogens (tertiary/aromatic N) is 1. The van der Waals surface area contributed by atoms with Crippen molar-refractivity contribution in [2.75, 3.05) is 19.6 Å². The fourth-order valence-electron chi connectivity index (χ4n) is 4.26. The topological polar surface area (TPSA) is 69.6 Å². The largest absolute Gasteiger partial charge is 0.481 e. The quantitative estimate of drug-likeness (QED) is 0.786. The molecule has 0 bridgehead atoms. The Morgan fingerprint density at radius 3 is 2.38 bits per heavy atom. The number of nitrogens with one attached hydrogen (secondary N) is 1. The van der Waals surface area contributed by atoms with E-state index in [9.17, 15) is 9.59 Å². The van der Waals surface area contributed by atoms with E-state index in [-0.39, 0.29) is 17.7 Å². The monoisotopic (exact) mass is 358 g/mol. The summed E-state index contributed by atoms with van der Waals surface area (Å²) in [6, 6.07) is 10.6. The molecule has 2 aliphatic rings. The van der Waals surface area contributed by atoms with Crippen LogP contribution >= 0.6 is 0 Å². The Kier molecular flexibility index (Phi) is 6.67. The first-order valence-electron chi connectivity index (χ1n) is 9.88. The van der Waals surface area contributed by atoms with Crippen LogP contribution in [0.25, 0.3) is 0 Å². The first-order valence-corrected chi connectivity index (χ1v) is 9.88. The number of carbonyl (C=O) groups is 2. The first-order chi connectivity index (χ1) is 12.6. The minimum Gasteiger partial charge on any atom is -0.481 e. The predicted octanol–water partition coefficient (Wildman–Crippen LogP) is 2.91. The molecule has 142 valence electrons. The number of aliphatic carboxylic acids is 1. The van der Waals surface area contributed by atoms with E-state index in [1.165, 1.54) is 18.4 Å². The predicted molar refractivity (Wildman–Crippen MR) is 101 cm³/mol. The van der Waals surface area contributed by atoms with Crippen LogP contribution < -0.4 is 5.32 Å². The zero-order valence-electron chi connectivity index (χ0n) is 15.4. The van der Waals surface area contributed by atoms with Crippen LogP contribution in [0, 0.1) is 17.8 Å². The smallest absolute Gasteiger partial charge is 0.306 e. The van der Waals surface area contributed by atoms with Gasteiger partial charge in [-0.2, -0.15) is 0 Å². The Morgan fingerprint density at radius 1 is 1.04 bits per heavy atom. The van der Waals surface area contributed by atoms with Gasteiger partial charge >= 0.3 is 5.97 Å². The normalized spacial score (nSPS) is 24.5. The van der Waals surface area contributed by atoms with E-state index in [2.05, 4.69) is 40.5 Å². The van der Waals surface area contributed by atoms with Crippen molar-refractivity contribution in [3.05, 3.63) is 35.9 Å². The molecule has 2 N–H and O–H groups in total. The van der Waals surface area contributed by atoms with E-state index in [1.807, 2.05) is 0 Å². The minimum atomic E-state index is -0.762. The van der Waals surface area contributed by atoms with Gasteiger partial charge in [0.25, 0.3) is 0 Å². The molecule has 0 radical (unpaired) electrons. The summed E-state index contributed by atoms with van der Waals surface area (Å²) in [6.45, 7) is 3.99. The van der Waals surface area contributed by atoms with Crippen molar-refractivity contribution in [3.8, 4) is 0 Å². The fourth-order valence-corrected chi connectivity index (χ4v) is 4.26. The maximum Gasteiger partial charge on any atom is 0.306 e. The molecule has 1 saturated carbocycles. The lowest BCUT2D eigenvalue weighted by Crippen LogP contribution is -2.35. The van der Waals surface area contributed by atoms with E-state index in [0.29, 0.717) is 25.2 Å². The third-order valence-corrected chi connectivity index (χ3v) is 5.96. The van der Waals surface area contributed by atoms with Crippen molar-refractivity contribution >= 4 is 11.9 Å². The number of carboxylic acids is 1. The highest BCUT2D eigenvalue weighted by atomic mass is 16.4. The van der Waals surface area contributed by atoms with Gasteiger partial charge in [0.2, 0.25) is 5.91 Å². The highest BCUT2D eigenvalue weighted by Gasteiger charge is 2.33. The van der Waals surface area contributed by atoms with Crippen LogP contribution in [-0.4, -0.2) is 41.5 Å². The lowest BCUT2D eigenvalue weighted by atomic mass is 9.93. The Labute approximate surface area is 155 Å². The van der Waals surface area contributed by atoms with E-state index in [4.69, 9.17) is 5.11 Å². The number of likely N-dealkylation sites (tertiary alicyclic amines) is 1. The van der Waals surface area contributed by atoms with Gasteiger partial charge in [0.1, 0.15) is 0 Å². The zero-order valence-corrected chi connectivity index (χ0v) is 15.4. The molecule has 1 saturated heterocycles. The average molecular weight is 358 g/mol. The third kappa shape index (κ3) is 5.31. The molecule has 2 fully saturated rings. The van der Waals surface area contributed by atoms with Crippen molar-refractivity contribution in [2.24, 2.45) is 17.8 Å². The van der Waals surface area contributed by atoms with Crippen LogP contribution in [-0.2, 0) is 16.1 Å². The van der Waals surface area contributed by atoms with Crippen LogP contribution in [0.4, 0.5) is 0 Å². The zero-order chi connectivity index (χ0) is 18.4. The maximum absolute atomic E-state index is 12.2. The summed E-state index contributed by atoms with van der Waals surface area (Å²) < 4.78 is 0. The summed E-state index contributed by atoms with van der Waals surface area (Å²) in [5.74, 6) is -0.473. The maximum atomic E-state index is 12.2. The molecule has 0 spiro atoms. The molecule has 0 unspecified atom stereocenters.